The van der Waals surface area contributed by atoms with Gasteiger partial charge < -0.3 is 10.4 Å². The van der Waals surface area contributed by atoms with E-state index in [1.807, 2.05) is 54.6 Å². The van der Waals surface area contributed by atoms with E-state index in [9.17, 15) is 5.11 Å². The largest absolute Gasteiger partial charge is 0.508 e. The van der Waals surface area contributed by atoms with Crippen LogP contribution >= 0.6 is 27.5 Å². The van der Waals surface area contributed by atoms with Gasteiger partial charge in [0.05, 0.1) is 6.04 Å². The van der Waals surface area contributed by atoms with Crippen LogP contribution in [0.15, 0.2) is 83.3 Å². The van der Waals surface area contributed by atoms with E-state index < -0.39 is 0 Å². The molecule has 0 aromatic heterocycles. The number of hydrogen-bond donors (Lipinski definition) is 3. The van der Waals surface area contributed by atoms with E-state index in [1.165, 1.54) is 0 Å². The van der Waals surface area contributed by atoms with Crippen molar-refractivity contribution in [2.45, 2.75) is 12.2 Å². The third-order valence-electron chi connectivity index (χ3n) is 4.59. The second-order valence-electron chi connectivity index (χ2n) is 6.42. The molecule has 3 aromatic carbocycles. The molecule has 3 aromatic rings. The lowest BCUT2D eigenvalue weighted by molar-refractivity contribution is 0.419. The highest BCUT2D eigenvalue weighted by atomic mass is 79.9. The van der Waals surface area contributed by atoms with Crippen LogP contribution in [0.25, 0.3) is 5.70 Å². The molecule has 136 valence electrons. The maximum absolute atomic E-state index is 10.3. The summed E-state index contributed by atoms with van der Waals surface area (Å²) < 4.78 is 1.02. The van der Waals surface area contributed by atoms with Crippen molar-refractivity contribution in [1.29, 1.82) is 0 Å². The normalized spacial score (nSPS) is 19.3. The van der Waals surface area contributed by atoms with Crippen LogP contribution < -0.4 is 10.6 Å². The van der Waals surface area contributed by atoms with Crippen molar-refractivity contribution >= 4 is 33.2 Å². The lowest BCUT2D eigenvalue weighted by atomic mass is 9.98. The van der Waals surface area contributed by atoms with Crippen molar-refractivity contribution in [2.24, 2.45) is 0 Å². The molecule has 3 N–H and O–H groups in total. The molecule has 0 bridgehead atoms. The van der Waals surface area contributed by atoms with Gasteiger partial charge in [-0.15, -0.1) is 0 Å². The fourth-order valence-electron chi connectivity index (χ4n) is 3.24. The van der Waals surface area contributed by atoms with E-state index in [4.69, 9.17) is 11.6 Å². The zero-order valence-electron chi connectivity index (χ0n) is 14.4. The summed E-state index contributed by atoms with van der Waals surface area (Å²) in [6, 6.07) is 23.2. The Morgan fingerprint density at radius 3 is 2.44 bits per heavy atom. The summed E-state index contributed by atoms with van der Waals surface area (Å²) in [5.41, 5.74) is 3.99. The second kappa shape index (κ2) is 7.77. The van der Waals surface area contributed by atoms with Crippen LogP contribution in [-0.4, -0.2) is 5.11 Å². The first-order valence-corrected chi connectivity index (χ1v) is 9.81. The highest BCUT2D eigenvalue weighted by Crippen LogP contribution is 2.33. The van der Waals surface area contributed by atoms with Gasteiger partial charge >= 0.3 is 0 Å². The minimum atomic E-state index is -0.137. The highest BCUT2D eigenvalue weighted by molar-refractivity contribution is 9.10. The monoisotopic (exact) mass is 440 g/mol. The number of hydrogen-bond acceptors (Lipinski definition) is 3. The quantitative estimate of drug-likeness (QED) is 0.482. The van der Waals surface area contributed by atoms with Gasteiger partial charge in [0, 0.05) is 20.8 Å². The van der Waals surface area contributed by atoms with E-state index >= 15 is 0 Å². The van der Waals surface area contributed by atoms with Crippen LogP contribution in [0.1, 0.15) is 28.9 Å². The fraction of sp³-hybridized carbons (Fsp3) is 0.0909. The van der Waals surface area contributed by atoms with Gasteiger partial charge in [-0.25, -0.2) is 0 Å². The zero-order valence-corrected chi connectivity index (χ0v) is 16.7. The van der Waals surface area contributed by atoms with Gasteiger partial charge in [0.1, 0.15) is 11.9 Å². The molecule has 5 heteroatoms. The Hall–Kier alpha value is -2.27. The Bertz CT molecular complexity index is 988. The van der Waals surface area contributed by atoms with E-state index in [2.05, 4.69) is 44.8 Å². The minimum absolute atomic E-state index is 0.120. The smallest absolute Gasteiger partial charge is 0.120 e. The second-order valence-corrected chi connectivity index (χ2v) is 7.77. The Kier molecular flexibility index (Phi) is 5.21. The number of benzene rings is 3. The lowest BCUT2D eigenvalue weighted by Gasteiger charge is -2.33. The van der Waals surface area contributed by atoms with Crippen molar-refractivity contribution < 1.29 is 5.11 Å². The molecule has 0 saturated carbocycles. The van der Waals surface area contributed by atoms with Gasteiger partial charge in [0.15, 0.2) is 0 Å². The van der Waals surface area contributed by atoms with Gasteiger partial charge in [-0.3, -0.25) is 5.32 Å². The summed E-state index contributed by atoms with van der Waals surface area (Å²) in [5.74, 6) is 0.275. The first-order valence-electron chi connectivity index (χ1n) is 8.64. The maximum atomic E-state index is 10.3. The van der Waals surface area contributed by atoms with Gasteiger partial charge in [-0.05, 0) is 47.5 Å². The predicted octanol–water partition coefficient (Wildman–Crippen LogP) is 5.78. The minimum Gasteiger partial charge on any atom is -0.508 e. The Balaban J connectivity index is 1.76. The molecule has 27 heavy (non-hydrogen) atoms. The summed E-state index contributed by atoms with van der Waals surface area (Å²) in [7, 11) is 0. The molecule has 1 aliphatic heterocycles. The fourth-order valence-corrected chi connectivity index (χ4v) is 3.77. The van der Waals surface area contributed by atoms with E-state index in [0.717, 1.165) is 26.9 Å². The van der Waals surface area contributed by atoms with Crippen LogP contribution in [-0.2, 0) is 0 Å². The zero-order chi connectivity index (χ0) is 18.8. The van der Waals surface area contributed by atoms with Gasteiger partial charge in [0.2, 0.25) is 0 Å². The van der Waals surface area contributed by atoms with Crippen molar-refractivity contribution in [2.75, 3.05) is 0 Å². The number of aromatic hydroxyl groups is 1. The van der Waals surface area contributed by atoms with Crippen molar-refractivity contribution in [1.82, 2.24) is 10.6 Å². The van der Waals surface area contributed by atoms with E-state index in [0.29, 0.717) is 5.02 Å². The van der Waals surface area contributed by atoms with Crippen LogP contribution in [0, 0.1) is 0 Å². The molecule has 0 amide bonds. The molecule has 0 saturated heterocycles. The summed E-state index contributed by atoms with van der Waals surface area (Å²) in [6.45, 7) is 0. The number of halogens is 2. The summed E-state index contributed by atoms with van der Waals surface area (Å²) in [6.07, 6.45) is 1.98. The highest BCUT2D eigenvalue weighted by Gasteiger charge is 2.25. The van der Waals surface area contributed by atoms with Gasteiger partial charge in [-0.2, -0.15) is 0 Å². The summed E-state index contributed by atoms with van der Waals surface area (Å²) in [5, 5.41) is 18.2. The molecule has 3 nitrogen and oxygen atoms in total. The number of phenols is 1. The van der Waals surface area contributed by atoms with Crippen molar-refractivity contribution in [3.05, 3.63) is 105 Å². The van der Waals surface area contributed by atoms with E-state index in [-0.39, 0.29) is 18.0 Å². The number of para-hydroxylation sites is 1. The average molecular weight is 442 g/mol. The average Bonchev–Trinajstić information content (AvgIpc) is 2.68. The maximum Gasteiger partial charge on any atom is 0.120 e. The Morgan fingerprint density at radius 2 is 1.70 bits per heavy atom. The molecule has 1 aliphatic rings. The third kappa shape index (κ3) is 4.03. The first kappa shape index (κ1) is 18.1. The molecule has 2 unspecified atom stereocenters. The van der Waals surface area contributed by atoms with Crippen LogP contribution in [0.2, 0.25) is 5.02 Å². The van der Waals surface area contributed by atoms with Crippen LogP contribution in [0.5, 0.6) is 5.75 Å². The number of rotatable bonds is 3. The Labute approximate surface area is 171 Å². The lowest BCUT2D eigenvalue weighted by Crippen LogP contribution is -2.39. The SMILES string of the molecule is Oc1ccccc1C1C=C(c2cccc(Br)c2)NC(c2ccc(Cl)cc2)N1. The van der Waals surface area contributed by atoms with Crippen molar-refractivity contribution in [3.8, 4) is 5.75 Å². The van der Waals surface area contributed by atoms with Gasteiger partial charge in [0.25, 0.3) is 0 Å². The first-order chi connectivity index (χ1) is 13.1. The molecule has 1 heterocycles. The molecule has 2 atom stereocenters. The summed E-state index contributed by atoms with van der Waals surface area (Å²) in [4.78, 5) is 0. The summed E-state index contributed by atoms with van der Waals surface area (Å²) >= 11 is 9.59. The van der Waals surface area contributed by atoms with Crippen LogP contribution in [0.3, 0.4) is 0 Å². The standard InChI is InChI=1S/C22H18BrClN2O/c23-16-5-3-4-15(12-16)19-13-20(18-6-1-2-7-21(18)27)26-22(25-19)14-8-10-17(24)11-9-14/h1-13,20,22,25-27H. The molecule has 0 spiro atoms. The molecule has 0 radical (unpaired) electrons. The molecular formula is C22H18BrClN2O. The number of phenolic OH excluding ortho intramolecular Hbond substituents is 1. The molecule has 0 aliphatic carbocycles. The molecular weight excluding hydrogens is 424 g/mol. The third-order valence-corrected chi connectivity index (χ3v) is 5.34. The van der Waals surface area contributed by atoms with Crippen molar-refractivity contribution in [3.63, 3.8) is 0 Å². The van der Waals surface area contributed by atoms with Gasteiger partial charge in [-0.1, -0.05) is 70.0 Å². The van der Waals surface area contributed by atoms with E-state index in [1.54, 1.807) is 6.07 Å². The van der Waals surface area contributed by atoms with Crippen LogP contribution in [0.4, 0.5) is 0 Å². The molecule has 0 fully saturated rings. The number of nitrogens with one attached hydrogen (secondary N) is 2. The molecule has 4 rings (SSSR count). The Morgan fingerprint density at radius 1 is 0.926 bits per heavy atom. The topological polar surface area (TPSA) is 44.3 Å². The predicted molar refractivity (Wildman–Crippen MR) is 113 cm³/mol.